The van der Waals surface area contributed by atoms with Crippen molar-refractivity contribution >= 4 is 23.5 Å². The van der Waals surface area contributed by atoms with E-state index in [1.54, 1.807) is 18.7 Å². The summed E-state index contributed by atoms with van der Waals surface area (Å²) in [5.41, 5.74) is -0.838. The van der Waals surface area contributed by atoms with Gasteiger partial charge >= 0.3 is 0 Å². The molecular formula is C16H31NO3S. The van der Waals surface area contributed by atoms with Crippen LogP contribution < -0.4 is 5.32 Å². The van der Waals surface area contributed by atoms with Crippen molar-refractivity contribution < 1.29 is 14.3 Å². The third kappa shape index (κ3) is 8.47. The Balaban J connectivity index is 4.58. The summed E-state index contributed by atoms with van der Waals surface area (Å²) in [6, 6.07) is 0. The maximum atomic E-state index is 11.9. The molecule has 0 saturated carbocycles. The molecule has 2 atom stereocenters. The van der Waals surface area contributed by atoms with Crippen molar-refractivity contribution in [3.05, 3.63) is 0 Å². The number of carbonyl (C=O) groups is 2. The van der Waals surface area contributed by atoms with Crippen molar-refractivity contribution in [3.63, 3.8) is 0 Å². The van der Waals surface area contributed by atoms with Crippen molar-refractivity contribution in [2.75, 3.05) is 18.6 Å². The highest BCUT2D eigenvalue weighted by Gasteiger charge is 2.31. The van der Waals surface area contributed by atoms with Gasteiger partial charge in [-0.1, -0.05) is 13.8 Å². The van der Waals surface area contributed by atoms with E-state index in [9.17, 15) is 9.59 Å². The highest BCUT2D eigenvalue weighted by molar-refractivity contribution is 7.98. The van der Waals surface area contributed by atoms with E-state index in [1.165, 1.54) is 0 Å². The Labute approximate surface area is 133 Å². The van der Waals surface area contributed by atoms with Crippen molar-refractivity contribution in [1.29, 1.82) is 0 Å². The normalized spacial score (nSPS) is 16.9. The molecule has 124 valence electrons. The average molecular weight is 317 g/mol. The van der Waals surface area contributed by atoms with Gasteiger partial charge in [0.05, 0.1) is 17.7 Å². The number of nitrogens with one attached hydrogen (secondary N) is 1. The van der Waals surface area contributed by atoms with Crippen molar-refractivity contribution in [2.24, 2.45) is 0 Å². The summed E-state index contributed by atoms with van der Waals surface area (Å²) >= 11 is 1.66. The van der Waals surface area contributed by atoms with Gasteiger partial charge in [0.1, 0.15) is 5.78 Å². The second kappa shape index (κ2) is 9.46. The Morgan fingerprint density at radius 1 is 1.19 bits per heavy atom. The van der Waals surface area contributed by atoms with Crippen LogP contribution in [0.15, 0.2) is 0 Å². The van der Waals surface area contributed by atoms with Gasteiger partial charge in [-0.2, -0.15) is 11.8 Å². The van der Waals surface area contributed by atoms with E-state index in [1.807, 2.05) is 34.0 Å². The number of hydrogen-bond donors (Lipinski definition) is 1. The predicted molar refractivity (Wildman–Crippen MR) is 89.8 cm³/mol. The first kappa shape index (κ1) is 20.5. The maximum absolute atomic E-state index is 11.9. The molecule has 0 aromatic rings. The molecule has 2 unspecified atom stereocenters. The van der Waals surface area contributed by atoms with E-state index in [0.717, 1.165) is 18.6 Å². The quantitative estimate of drug-likeness (QED) is 0.636. The fourth-order valence-corrected chi connectivity index (χ4v) is 2.35. The lowest BCUT2D eigenvalue weighted by Gasteiger charge is -2.35. The number of ketones is 1. The second-order valence-electron chi connectivity index (χ2n) is 6.18. The Morgan fingerprint density at radius 3 is 2.24 bits per heavy atom. The summed E-state index contributed by atoms with van der Waals surface area (Å²) in [4.78, 5) is 23.3. The monoisotopic (exact) mass is 317 g/mol. The molecule has 0 heterocycles. The number of hydrogen-bond acceptors (Lipinski definition) is 4. The number of carbonyl (C=O) groups excluding carboxylic acids is 2. The Bertz CT molecular complexity index is 348. The minimum absolute atomic E-state index is 0.0575. The lowest BCUT2D eigenvalue weighted by molar-refractivity contribution is -0.130. The lowest BCUT2D eigenvalue weighted by Crippen LogP contribution is -2.51. The molecule has 0 aliphatic rings. The van der Waals surface area contributed by atoms with Gasteiger partial charge in [0, 0.05) is 18.6 Å². The molecule has 0 aliphatic heterocycles. The minimum Gasteiger partial charge on any atom is -0.372 e. The van der Waals surface area contributed by atoms with Gasteiger partial charge in [-0.25, -0.2) is 0 Å². The number of Topliss-reactive ketones (excluding diaryl/α,β-unsaturated/α-hetero) is 1. The first-order chi connectivity index (χ1) is 9.70. The summed E-state index contributed by atoms with van der Waals surface area (Å²) in [5.74, 6) is 1.01. The van der Waals surface area contributed by atoms with E-state index in [-0.39, 0.29) is 17.2 Å². The van der Waals surface area contributed by atoms with Crippen LogP contribution in [-0.4, -0.2) is 41.4 Å². The van der Waals surface area contributed by atoms with Gasteiger partial charge in [-0.15, -0.1) is 0 Å². The highest BCUT2D eigenvalue weighted by Crippen LogP contribution is 2.23. The number of thioether (sulfide) groups is 1. The molecule has 0 aromatic carbocycles. The third-order valence-corrected chi connectivity index (χ3v) is 4.48. The molecule has 0 aliphatic carbocycles. The minimum atomic E-state index is -0.452. The fourth-order valence-electron chi connectivity index (χ4n) is 1.96. The van der Waals surface area contributed by atoms with Gasteiger partial charge in [0.2, 0.25) is 5.91 Å². The largest absolute Gasteiger partial charge is 0.372 e. The lowest BCUT2D eigenvalue weighted by atomic mass is 9.94. The molecule has 0 spiro atoms. The van der Waals surface area contributed by atoms with Gasteiger partial charge in [0.15, 0.2) is 0 Å². The summed E-state index contributed by atoms with van der Waals surface area (Å²) in [6.45, 7) is 10.0. The van der Waals surface area contributed by atoms with Crippen LogP contribution in [0.4, 0.5) is 0 Å². The van der Waals surface area contributed by atoms with E-state index in [2.05, 4.69) is 5.32 Å². The maximum Gasteiger partial charge on any atom is 0.221 e. The van der Waals surface area contributed by atoms with Crippen molar-refractivity contribution in [1.82, 2.24) is 5.32 Å². The van der Waals surface area contributed by atoms with E-state index in [0.29, 0.717) is 19.4 Å². The first-order valence-corrected chi connectivity index (χ1v) is 9.03. The molecule has 0 bridgehead atoms. The van der Waals surface area contributed by atoms with Crippen LogP contribution in [0.2, 0.25) is 0 Å². The molecule has 5 heteroatoms. The van der Waals surface area contributed by atoms with Crippen molar-refractivity contribution in [2.45, 2.75) is 71.4 Å². The molecule has 0 radical (unpaired) electrons. The van der Waals surface area contributed by atoms with Gasteiger partial charge < -0.3 is 10.1 Å². The second-order valence-corrected chi connectivity index (χ2v) is 7.16. The molecule has 0 rings (SSSR count). The van der Waals surface area contributed by atoms with Gasteiger partial charge in [0.25, 0.3) is 0 Å². The average Bonchev–Trinajstić information content (AvgIpc) is 2.42. The molecule has 0 saturated heterocycles. The zero-order valence-corrected chi connectivity index (χ0v) is 15.2. The van der Waals surface area contributed by atoms with Crippen LogP contribution in [0.25, 0.3) is 0 Å². The standard InChI is InChI=1S/C16H31NO3S/c1-7-15(4,17-14(19)9-10-21-6)12-20-16(5,8-2)11-13(3)18/h7-12H2,1-6H3,(H,17,19). The number of ether oxygens (including phenoxy) is 1. The van der Waals surface area contributed by atoms with E-state index >= 15 is 0 Å². The van der Waals surface area contributed by atoms with Crippen molar-refractivity contribution in [3.8, 4) is 0 Å². The predicted octanol–water partition coefficient (Wildman–Crippen LogP) is 3.19. The van der Waals surface area contributed by atoms with Crippen LogP contribution in [0.3, 0.4) is 0 Å². The molecule has 0 fully saturated rings. The zero-order valence-electron chi connectivity index (χ0n) is 14.4. The first-order valence-electron chi connectivity index (χ1n) is 7.63. The zero-order chi connectivity index (χ0) is 16.5. The number of amides is 1. The van der Waals surface area contributed by atoms with Crippen LogP contribution in [-0.2, 0) is 14.3 Å². The molecular weight excluding hydrogens is 286 g/mol. The summed E-state index contributed by atoms with van der Waals surface area (Å²) < 4.78 is 6.01. The van der Waals surface area contributed by atoms with Crippen LogP contribution >= 0.6 is 11.8 Å². The smallest absolute Gasteiger partial charge is 0.221 e. The molecule has 4 nitrogen and oxygen atoms in total. The Hall–Kier alpha value is -0.550. The van der Waals surface area contributed by atoms with Crippen LogP contribution in [0.1, 0.15) is 60.3 Å². The molecule has 1 amide bonds. The van der Waals surface area contributed by atoms with Crippen LogP contribution in [0, 0.1) is 0 Å². The van der Waals surface area contributed by atoms with E-state index in [4.69, 9.17) is 4.74 Å². The summed E-state index contributed by atoms with van der Waals surface area (Å²) in [6.07, 6.45) is 4.48. The highest BCUT2D eigenvalue weighted by atomic mass is 32.2. The fraction of sp³-hybridized carbons (Fsp3) is 0.875. The molecule has 1 N–H and O–H groups in total. The molecule has 21 heavy (non-hydrogen) atoms. The Morgan fingerprint density at radius 2 is 1.81 bits per heavy atom. The van der Waals surface area contributed by atoms with E-state index < -0.39 is 5.60 Å². The molecule has 0 aromatic heterocycles. The Kier molecular flexibility index (Phi) is 9.22. The summed E-state index contributed by atoms with van der Waals surface area (Å²) in [7, 11) is 0. The third-order valence-electron chi connectivity index (χ3n) is 3.86. The SMILES string of the molecule is CCC(C)(COC(C)(CC)CC(C)=O)NC(=O)CCSC. The van der Waals surface area contributed by atoms with Gasteiger partial charge in [-0.3, -0.25) is 9.59 Å². The topological polar surface area (TPSA) is 55.4 Å². The summed E-state index contributed by atoms with van der Waals surface area (Å²) in [5, 5.41) is 3.07. The van der Waals surface area contributed by atoms with Crippen LogP contribution in [0.5, 0.6) is 0 Å². The van der Waals surface area contributed by atoms with Gasteiger partial charge in [-0.05, 0) is 39.9 Å². The number of rotatable bonds is 11.